The Hall–Kier alpha value is -2.01. The maximum absolute atomic E-state index is 5.23. The summed E-state index contributed by atoms with van der Waals surface area (Å²) in [5.41, 5.74) is 5.50. The van der Waals surface area contributed by atoms with E-state index in [1.165, 1.54) is 0 Å². The summed E-state index contributed by atoms with van der Waals surface area (Å²) < 4.78 is 0. The number of aromatic nitrogens is 3. The predicted molar refractivity (Wildman–Crippen MR) is 62.5 cm³/mol. The van der Waals surface area contributed by atoms with E-state index in [4.69, 9.17) is 5.84 Å². The van der Waals surface area contributed by atoms with E-state index < -0.39 is 0 Å². The molecule has 0 fully saturated rings. The van der Waals surface area contributed by atoms with Crippen molar-refractivity contribution in [2.24, 2.45) is 5.84 Å². The van der Waals surface area contributed by atoms with E-state index in [0.29, 0.717) is 5.82 Å². The minimum atomic E-state index is 0.552. The highest BCUT2D eigenvalue weighted by Gasteiger charge is 2.05. The Morgan fingerprint density at radius 3 is 2.75 bits per heavy atom. The van der Waals surface area contributed by atoms with Gasteiger partial charge in [0, 0.05) is 18.0 Å². The molecule has 0 atom stereocenters. The Labute approximate surface area is 93.7 Å². The fourth-order valence-electron chi connectivity index (χ4n) is 1.51. The molecule has 2 rings (SSSR count). The van der Waals surface area contributed by atoms with Crippen molar-refractivity contribution in [1.29, 1.82) is 0 Å². The lowest BCUT2D eigenvalue weighted by Crippen LogP contribution is -2.09. The molecule has 5 heteroatoms. The highest BCUT2D eigenvalue weighted by Crippen LogP contribution is 2.20. The Balaban J connectivity index is 2.42. The molecular formula is C11H13N5. The van der Waals surface area contributed by atoms with Gasteiger partial charge in [0.1, 0.15) is 0 Å². The number of hydrazine groups is 1. The molecule has 0 saturated carbocycles. The molecule has 0 radical (unpaired) electrons. The van der Waals surface area contributed by atoms with Crippen LogP contribution in [0.25, 0.3) is 11.3 Å². The molecule has 0 spiro atoms. The van der Waals surface area contributed by atoms with Crippen molar-refractivity contribution in [2.75, 3.05) is 5.43 Å². The van der Waals surface area contributed by atoms with Gasteiger partial charge in [-0.1, -0.05) is 6.92 Å². The van der Waals surface area contributed by atoms with Crippen LogP contribution in [0.3, 0.4) is 0 Å². The molecular weight excluding hydrogens is 202 g/mol. The van der Waals surface area contributed by atoms with E-state index in [-0.39, 0.29) is 0 Å². The molecule has 16 heavy (non-hydrogen) atoms. The number of hydrogen-bond donors (Lipinski definition) is 2. The molecule has 0 saturated heterocycles. The van der Waals surface area contributed by atoms with Crippen LogP contribution in [-0.4, -0.2) is 15.2 Å². The Bertz CT molecular complexity index is 466. The number of rotatable bonds is 3. The SMILES string of the molecule is CCc1cnccc1-c1ccc(NN)nn1. The van der Waals surface area contributed by atoms with Crippen LogP contribution < -0.4 is 11.3 Å². The first kappa shape index (κ1) is 10.5. The number of pyridine rings is 1. The van der Waals surface area contributed by atoms with Gasteiger partial charge in [0.2, 0.25) is 0 Å². The lowest BCUT2D eigenvalue weighted by atomic mass is 10.1. The van der Waals surface area contributed by atoms with Crippen molar-refractivity contribution in [3.63, 3.8) is 0 Å². The van der Waals surface area contributed by atoms with Gasteiger partial charge in [-0.2, -0.15) is 0 Å². The first-order valence-electron chi connectivity index (χ1n) is 5.08. The van der Waals surface area contributed by atoms with Crippen molar-refractivity contribution in [1.82, 2.24) is 15.2 Å². The smallest absolute Gasteiger partial charge is 0.162 e. The van der Waals surface area contributed by atoms with Crippen molar-refractivity contribution < 1.29 is 0 Å². The van der Waals surface area contributed by atoms with Crippen LogP contribution in [0.15, 0.2) is 30.6 Å². The summed E-state index contributed by atoms with van der Waals surface area (Å²) in [5.74, 6) is 5.78. The highest BCUT2D eigenvalue weighted by atomic mass is 15.3. The molecule has 3 N–H and O–H groups in total. The highest BCUT2D eigenvalue weighted by molar-refractivity contribution is 5.63. The van der Waals surface area contributed by atoms with Crippen LogP contribution in [0.2, 0.25) is 0 Å². The van der Waals surface area contributed by atoms with E-state index in [9.17, 15) is 0 Å². The summed E-state index contributed by atoms with van der Waals surface area (Å²) in [6.45, 7) is 2.09. The third-order valence-electron chi connectivity index (χ3n) is 2.37. The molecule has 82 valence electrons. The zero-order valence-electron chi connectivity index (χ0n) is 9.01. The second-order valence-corrected chi connectivity index (χ2v) is 3.33. The van der Waals surface area contributed by atoms with Crippen LogP contribution in [-0.2, 0) is 6.42 Å². The Kier molecular flexibility index (Phi) is 3.07. The Morgan fingerprint density at radius 2 is 2.12 bits per heavy atom. The maximum Gasteiger partial charge on any atom is 0.162 e. The molecule has 2 aromatic heterocycles. The second kappa shape index (κ2) is 4.67. The fourth-order valence-corrected chi connectivity index (χ4v) is 1.51. The van der Waals surface area contributed by atoms with Gasteiger partial charge in [0.15, 0.2) is 5.82 Å². The van der Waals surface area contributed by atoms with Crippen molar-refractivity contribution in [2.45, 2.75) is 13.3 Å². The van der Waals surface area contributed by atoms with Gasteiger partial charge < -0.3 is 5.43 Å². The summed E-state index contributed by atoms with van der Waals surface area (Å²) >= 11 is 0. The van der Waals surface area contributed by atoms with Gasteiger partial charge in [-0.3, -0.25) is 4.98 Å². The van der Waals surface area contributed by atoms with E-state index >= 15 is 0 Å². The first-order chi connectivity index (χ1) is 7.85. The van der Waals surface area contributed by atoms with Gasteiger partial charge in [-0.15, -0.1) is 10.2 Å². The molecule has 5 nitrogen and oxygen atoms in total. The van der Waals surface area contributed by atoms with E-state index in [2.05, 4.69) is 27.5 Å². The third-order valence-corrected chi connectivity index (χ3v) is 2.37. The molecule has 0 unspecified atom stereocenters. The van der Waals surface area contributed by atoms with E-state index in [1.54, 1.807) is 12.3 Å². The second-order valence-electron chi connectivity index (χ2n) is 3.33. The van der Waals surface area contributed by atoms with Crippen LogP contribution in [0.5, 0.6) is 0 Å². The zero-order chi connectivity index (χ0) is 11.4. The number of aryl methyl sites for hydroxylation is 1. The minimum absolute atomic E-state index is 0.552. The summed E-state index contributed by atoms with van der Waals surface area (Å²) in [6.07, 6.45) is 4.53. The van der Waals surface area contributed by atoms with E-state index in [1.807, 2.05) is 18.3 Å². The fraction of sp³-hybridized carbons (Fsp3) is 0.182. The molecule has 0 amide bonds. The van der Waals surface area contributed by atoms with Gasteiger partial charge in [-0.05, 0) is 30.2 Å². The number of hydrogen-bond acceptors (Lipinski definition) is 5. The zero-order valence-corrected chi connectivity index (χ0v) is 9.01. The van der Waals surface area contributed by atoms with E-state index in [0.717, 1.165) is 23.2 Å². The largest absolute Gasteiger partial charge is 0.307 e. The van der Waals surface area contributed by atoms with Gasteiger partial charge >= 0.3 is 0 Å². The minimum Gasteiger partial charge on any atom is -0.307 e. The molecule has 0 aliphatic carbocycles. The molecule has 0 bridgehead atoms. The standard InChI is InChI=1S/C11H13N5/c1-2-8-7-13-6-5-9(8)10-3-4-11(14-12)16-15-10/h3-7H,2,12H2,1H3,(H,14,16). The molecule has 0 aliphatic heterocycles. The van der Waals surface area contributed by atoms with Crippen molar-refractivity contribution >= 4 is 5.82 Å². The van der Waals surface area contributed by atoms with Crippen molar-refractivity contribution in [3.05, 3.63) is 36.2 Å². The number of nitrogen functional groups attached to an aromatic ring is 1. The summed E-state index contributed by atoms with van der Waals surface area (Å²) in [6, 6.07) is 5.62. The summed E-state index contributed by atoms with van der Waals surface area (Å²) in [5, 5.41) is 8.05. The lowest BCUT2D eigenvalue weighted by Gasteiger charge is -2.05. The molecule has 2 aromatic rings. The van der Waals surface area contributed by atoms with Crippen LogP contribution in [0, 0.1) is 0 Å². The number of nitrogens with two attached hydrogens (primary N) is 1. The monoisotopic (exact) mass is 215 g/mol. The topological polar surface area (TPSA) is 76.7 Å². The van der Waals surface area contributed by atoms with Gasteiger partial charge in [-0.25, -0.2) is 5.84 Å². The van der Waals surface area contributed by atoms with Crippen LogP contribution >= 0.6 is 0 Å². The average molecular weight is 215 g/mol. The lowest BCUT2D eigenvalue weighted by molar-refractivity contribution is 1.02. The third kappa shape index (κ3) is 1.99. The van der Waals surface area contributed by atoms with Gasteiger partial charge in [0.05, 0.1) is 5.69 Å². The van der Waals surface area contributed by atoms with Gasteiger partial charge in [0.25, 0.3) is 0 Å². The summed E-state index contributed by atoms with van der Waals surface area (Å²) in [7, 11) is 0. The van der Waals surface area contributed by atoms with Crippen molar-refractivity contribution in [3.8, 4) is 11.3 Å². The average Bonchev–Trinajstić information content (AvgIpc) is 2.39. The molecule has 0 aromatic carbocycles. The number of nitrogens with one attached hydrogen (secondary N) is 1. The maximum atomic E-state index is 5.23. The van der Waals surface area contributed by atoms with Crippen LogP contribution in [0.4, 0.5) is 5.82 Å². The molecule has 2 heterocycles. The quantitative estimate of drug-likeness (QED) is 0.597. The number of nitrogens with zero attached hydrogens (tertiary/aromatic N) is 3. The Morgan fingerprint density at radius 1 is 1.25 bits per heavy atom. The predicted octanol–water partition coefficient (Wildman–Crippen LogP) is 1.39. The summed E-state index contributed by atoms with van der Waals surface area (Å²) in [4.78, 5) is 4.09. The molecule has 0 aliphatic rings. The van der Waals surface area contributed by atoms with Crippen LogP contribution in [0.1, 0.15) is 12.5 Å². The normalized spacial score (nSPS) is 10.1. The first-order valence-corrected chi connectivity index (χ1v) is 5.08. The number of anilines is 1.